The summed E-state index contributed by atoms with van der Waals surface area (Å²) in [6.07, 6.45) is 2.82. The summed E-state index contributed by atoms with van der Waals surface area (Å²) in [6, 6.07) is 2.17. The highest BCUT2D eigenvalue weighted by atomic mass is 79.9. The van der Waals surface area contributed by atoms with Gasteiger partial charge in [-0.1, -0.05) is 15.9 Å². The van der Waals surface area contributed by atoms with Gasteiger partial charge in [0.25, 0.3) is 0 Å². The van der Waals surface area contributed by atoms with Crippen molar-refractivity contribution < 1.29 is 4.74 Å². The largest absolute Gasteiger partial charge is 0.478 e. The van der Waals surface area contributed by atoms with Crippen molar-refractivity contribution in [1.29, 1.82) is 0 Å². The zero-order valence-electron chi connectivity index (χ0n) is 10.7. The van der Waals surface area contributed by atoms with Gasteiger partial charge in [0.15, 0.2) is 0 Å². The van der Waals surface area contributed by atoms with Crippen LogP contribution in [-0.2, 0) is 0 Å². The van der Waals surface area contributed by atoms with Crippen LogP contribution in [0, 0.1) is 0 Å². The van der Waals surface area contributed by atoms with Gasteiger partial charge in [-0.15, -0.1) is 0 Å². The lowest BCUT2D eigenvalue weighted by molar-refractivity contribution is 0.326. The Balaban J connectivity index is 2.81. The number of alkyl halides is 1. The summed E-state index contributed by atoms with van der Waals surface area (Å²) in [7, 11) is 0. The molecule has 0 unspecified atom stereocenters. The van der Waals surface area contributed by atoms with Gasteiger partial charge in [0.05, 0.1) is 6.61 Å². The fraction of sp³-hybridized carbons (Fsp3) is 0.667. The first-order chi connectivity index (χ1) is 8.19. The summed E-state index contributed by atoms with van der Waals surface area (Å²) in [5.74, 6) is 1.38. The quantitative estimate of drug-likeness (QED) is 0.726. The molecule has 1 heterocycles. The third-order valence-electron chi connectivity index (χ3n) is 2.32. The highest BCUT2D eigenvalue weighted by Gasteiger charge is 2.13. The molecule has 96 valence electrons. The molecular weight excluding hydrogens is 282 g/mol. The maximum Gasteiger partial charge on any atom is 0.228 e. The van der Waals surface area contributed by atoms with Crippen LogP contribution in [0.1, 0.15) is 27.2 Å². The fourth-order valence-corrected chi connectivity index (χ4v) is 1.77. The van der Waals surface area contributed by atoms with Gasteiger partial charge in [-0.2, -0.15) is 4.98 Å². The monoisotopic (exact) mass is 301 g/mol. The van der Waals surface area contributed by atoms with Gasteiger partial charge in [-0.3, -0.25) is 0 Å². The Kier molecular flexibility index (Phi) is 6.26. The Hall–Kier alpha value is -0.840. The highest BCUT2D eigenvalue weighted by molar-refractivity contribution is 9.09. The van der Waals surface area contributed by atoms with Crippen LogP contribution in [0.2, 0.25) is 0 Å². The van der Waals surface area contributed by atoms with Crippen molar-refractivity contribution >= 4 is 21.9 Å². The van der Waals surface area contributed by atoms with Gasteiger partial charge in [-0.25, -0.2) is 4.98 Å². The average Bonchev–Trinajstić information content (AvgIpc) is 2.30. The van der Waals surface area contributed by atoms with Crippen molar-refractivity contribution in [3.8, 4) is 5.88 Å². The zero-order valence-corrected chi connectivity index (χ0v) is 12.3. The molecule has 1 aromatic heterocycles. The van der Waals surface area contributed by atoms with E-state index >= 15 is 0 Å². The molecule has 0 aliphatic heterocycles. The third-order valence-corrected chi connectivity index (χ3v) is 2.88. The van der Waals surface area contributed by atoms with E-state index in [1.807, 2.05) is 6.92 Å². The van der Waals surface area contributed by atoms with Gasteiger partial charge in [0, 0.05) is 30.2 Å². The SMILES string of the molecule is CCOc1ccnc(N(CCCBr)C(C)C)n1. The van der Waals surface area contributed by atoms with Gasteiger partial charge >= 0.3 is 0 Å². The first kappa shape index (κ1) is 14.2. The second kappa shape index (κ2) is 7.48. The van der Waals surface area contributed by atoms with E-state index in [9.17, 15) is 0 Å². The molecule has 0 N–H and O–H groups in total. The van der Waals surface area contributed by atoms with E-state index in [0.717, 1.165) is 24.2 Å². The number of nitrogens with zero attached hydrogens (tertiary/aromatic N) is 3. The molecule has 0 saturated carbocycles. The molecule has 0 aromatic carbocycles. The Bertz CT molecular complexity index is 333. The Morgan fingerprint density at radius 1 is 1.47 bits per heavy atom. The summed E-state index contributed by atoms with van der Waals surface area (Å²) in [5.41, 5.74) is 0. The molecule has 0 aliphatic carbocycles. The molecule has 0 spiro atoms. The number of hydrogen-bond acceptors (Lipinski definition) is 4. The molecule has 0 amide bonds. The van der Waals surface area contributed by atoms with Crippen molar-refractivity contribution in [2.24, 2.45) is 0 Å². The number of aromatic nitrogens is 2. The molecule has 0 atom stereocenters. The normalized spacial score (nSPS) is 10.6. The molecule has 17 heavy (non-hydrogen) atoms. The number of anilines is 1. The molecule has 0 bridgehead atoms. The fourth-order valence-electron chi connectivity index (χ4n) is 1.52. The van der Waals surface area contributed by atoms with Gasteiger partial charge in [-0.05, 0) is 27.2 Å². The molecule has 5 heteroatoms. The summed E-state index contributed by atoms with van der Waals surface area (Å²) < 4.78 is 5.39. The van der Waals surface area contributed by atoms with E-state index in [-0.39, 0.29) is 0 Å². The standard InChI is InChI=1S/C12H20BrN3O/c1-4-17-11-6-8-14-12(15-11)16(10(2)3)9-5-7-13/h6,8,10H,4-5,7,9H2,1-3H3. The zero-order chi connectivity index (χ0) is 12.7. The minimum atomic E-state index is 0.380. The maximum atomic E-state index is 5.39. The van der Waals surface area contributed by atoms with Crippen molar-refractivity contribution in [3.63, 3.8) is 0 Å². The molecular formula is C12H20BrN3O. The lowest BCUT2D eigenvalue weighted by Crippen LogP contribution is -2.33. The van der Waals surface area contributed by atoms with Gasteiger partial charge in [0.1, 0.15) is 0 Å². The summed E-state index contributed by atoms with van der Waals surface area (Å²) in [5, 5.41) is 0.987. The Morgan fingerprint density at radius 3 is 2.82 bits per heavy atom. The lowest BCUT2D eigenvalue weighted by atomic mass is 10.3. The molecule has 0 radical (unpaired) electrons. The smallest absolute Gasteiger partial charge is 0.228 e. The molecule has 0 fully saturated rings. The van der Waals surface area contributed by atoms with Crippen LogP contribution in [0.15, 0.2) is 12.3 Å². The van der Waals surface area contributed by atoms with Crippen LogP contribution >= 0.6 is 15.9 Å². The van der Waals surface area contributed by atoms with Crippen LogP contribution in [-0.4, -0.2) is 34.5 Å². The number of ether oxygens (including phenoxy) is 1. The van der Waals surface area contributed by atoms with Gasteiger partial charge in [0.2, 0.25) is 11.8 Å². The average molecular weight is 302 g/mol. The number of hydrogen-bond donors (Lipinski definition) is 0. The van der Waals surface area contributed by atoms with E-state index in [0.29, 0.717) is 18.5 Å². The van der Waals surface area contributed by atoms with Crippen LogP contribution in [0.5, 0.6) is 5.88 Å². The summed E-state index contributed by atoms with van der Waals surface area (Å²) in [6.45, 7) is 7.81. The number of halogens is 1. The van der Waals surface area contributed by atoms with Crippen LogP contribution in [0.4, 0.5) is 5.95 Å². The van der Waals surface area contributed by atoms with Crippen molar-refractivity contribution in [2.75, 3.05) is 23.4 Å². The molecule has 0 aliphatic rings. The molecule has 1 aromatic rings. The maximum absolute atomic E-state index is 5.39. The van der Waals surface area contributed by atoms with E-state index in [4.69, 9.17) is 4.74 Å². The molecule has 1 rings (SSSR count). The van der Waals surface area contributed by atoms with Crippen molar-refractivity contribution in [3.05, 3.63) is 12.3 Å². The van der Waals surface area contributed by atoms with Crippen LogP contribution < -0.4 is 9.64 Å². The Labute approximate surface area is 112 Å². The van der Waals surface area contributed by atoms with Gasteiger partial charge < -0.3 is 9.64 Å². The minimum Gasteiger partial charge on any atom is -0.478 e. The highest BCUT2D eigenvalue weighted by Crippen LogP contribution is 2.15. The Morgan fingerprint density at radius 2 is 2.24 bits per heavy atom. The predicted octanol–water partition coefficient (Wildman–Crippen LogP) is 2.88. The molecule has 0 saturated heterocycles. The number of rotatable bonds is 7. The second-order valence-corrected chi connectivity index (χ2v) is 4.75. The van der Waals surface area contributed by atoms with E-state index in [1.54, 1.807) is 12.3 Å². The minimum absolute atomic E-state index is 0.380. The lowest BCUT2D eigenvalue weighted by Gasteiger charge is -2.26. The van der Waals surface area contributed by atoms with Crippen molar-refractivity contribution in [1.82, 2.24) is 9.97 Å². The van der Waals surface area contributed by atoms with E-state index < -0.39 is 0 Å². The molecule has 4 nitrogen and oxygen atoms in total. The predicted molar refractivity (Wildman–Crippen MR) is 74.1 cm³/mol. The van der Waals surface area contributed by atoms with Crippen LogP contribution in [0.3, 0.4) is 0 Å². The summed E-state index contributed by atoms with van der Waals surface area (Å²) >= 11 is 3.45. The first-order valence-corrected chi connectivity index (χ1v) is 7.09. The van der Waals surface area contributed by atoms with E-state index in [1.165, 1.54) is 0 Å². The first-order valence-electron chi connectivity index (χ1n) is 5.97. The van der Waals surface area contributed by atoms with Crippen molar-refractivity contribution in [2.45, 2.75) is 33.2 Å². The summed E-state index contributed by atoms with van der Waals surface area (Å²) in [4.78, 5) is 10.9. The topological polar surface area (TPSA) is 38.2 Å². The third kappa shape index (κ3) is 4.50. The van der Waals surface area contributed by atoms with Crippen LogP contribution in [0.25, 0.3) is 0 Å². The van der Waals surface area contributed by atoms with E-state index in [2.05, 4.69) is 44.6 Å². The second-order valence-electron chi connectivity index (χ2n) is 3.96.